The smallest absolute Gasteiger partial charge is 0.459 e. The first-order chi connectivity index (χ1) is 38.6. The SMILES string of the molecule is C=CC(=O)OCCOC(=O)Nc1ccc(NC(=O)OCCCCCCCC(CC)CCCOP(=O)(OCCCCCCC(CC)CCCOC(=O)Nc2ccc(NC(=O)OCCOC(=O)C=C)c(C)c2)Oc2ccccc2)cc1C. The van der Waals surface area contributed by atoms with Crippen molar-refractivity contribution >= 4 is 66.9 Å². The number of ether oxygens (including phenoxy) is 6. The molecule has 0 aromatic heterocycles. The van der Waals surface area contributed by atoms with Crippen LogP contribution < -0.4 is 25.8 Å². The van der Waals surface area contributed by atoms with E-state index in [1.54, 1.807) is 62.4 Å². The van der Waals surface area contributed by atoms with E-state index in [4.69, 9.17) is 42.0 Å². The molecular weight excluding hydrogens is 1050 g/mol. The number of nitrogens with one attached hydrogen (secondary N) is 4. The van der Waals surface area contributed by atoms with Gasteiger partial charge < -0.3 is 32.9 Å². The Hall–Kier alpha value is -6.89. The second-order valence-electron chi connectivity index (χ2n) is 19.0. The summed E-state index contributed by atoms with van der Waals surface area (Å²) in [7, 11) is -3.86. The number of anilines is 4. The first-order valence-corrected chi connectivity index (χ1v) is 29.3. The van der Waals surface area contributed by atoms with E-state index in [9.17, 15) is 33.3 Å². The molecule has 0 saturated heterocycles. The molecule has 0 saturated carbocycles. The molecule has 4 amide bonds. The fourth-order valence-electron chi connectivity index (χ4n) is 8.22. The van der Waals surface area contributed by atoms with E-state index in [0.29, 0.717) is 64.5 Å². The molecule has 3 aromatic carbocycles. The molecule has 442 valence electrons. The number of rotatable bonds is 41. The van der Waals surface area contributed by atoms with Crippen molar-refractivity contribution in [2.24, 2.45) is 11.8 Å². The Bertz CT molecular complexity index is 2410. The monoisotopic (exact) mass is 1140 g/mol. The van der Waals surface area contributed by atoms with E-state index in [0.717, 1.165) is 115 Å². The van der Waals surface area contributed by atoms with Crippen LogP contribution in [0.3, 0.4) is 0 Å². The lowest BCUT2D eigenvalue weighted by molar-refractivity contribution is -0.139. The van der Waals surface area contributed by atoms with Crippen molar-refractivity contribution in [3.05, 3.63) is 103 Å². The third-order valence-corrected chi connectivity index (χ3v) is 14.2. The largest absolute Gasteiger partial charge is 0.530 e. The molecule has 4 N–H and O–H groups in total. The fraction of sp³-hybridized carbons (Fsp3) is 0.525. The van der Waals surface area contributed by atoms with E-state index in [-0.39, 0.29) is 46.2 Å². The van der Waals surface area contributed by atoms with E-state index in [1.807, 2.05) is 18.2 Å². The average molecular weight is 1140 g/mol. The molecule has 0 aliphatic carbocycles. The topological polar surface area (TPSA) is 251 Å². The van der Waals surface area contributed by atoms with Crippen LogP contribution in [0, 0.1) is 25.7 Å². The molecule has 0 bridgehead atoms. The maximum Gasteiger partial charge on any atom is 0.530 e. The normalized spacial score (nSPS) is 12.3. The minimum Gasteiger partial charge on any atom is -0.459 e. The van der Waals surface area contributed by atoms with E-state index < -0.39 is 44.1 Å². The third-order valence-electron chi connectivity index (χ3n) is 12.7. The van der Waals surface area contributed by atoms with E-state index >= 15 is 0 Å². The van der Waals surface area contributed by atoms with Crippen molar-refractivity contribution in [3.63, 3.8) is 0 Å². The zero-order valence-corrected chi connectivity index (χ0v) is 48.1. The number of carbonyl (C=O) groups is 6. The minimum atomic E-state index is -3.86. The van der Waals surface area contributed by atoms with Crippen LogP contribution in [0.25, 0.3) is 0 Å². The summed E-state index contributed by atoms with van der Waals surface area (Å²) < 4.78 is 61.8. The molecule has 0 heterocycles. The van der Waals surface area contributed by atoms with Crippen molar-refractivity contribution in [2.45, 2.75) is 137 Å². The van der Waals surface area contributed by atoms with Crippen LogP contribution in [0.5, 0.6) is 5.75 Å². The molecule has 0 spiro atoms. The molecule has 3 unspecified atom stereocenters. The minimum absolute atomic E-state index is 0.0891. The second kappa shape index (κ2) is 40.3. The Morgan fingerprint density at radius 1 is 0.463 bits per heavy atom. The Balaban J connectivity index is 1.24. The fourth-order valence-corrected chi connectivity index (χ4v) is 9.49. The lowest BCUT2D eigenvalue weighted by atomic mass is 9.94. The Labute approximate surface area is 472 Å². The summed E-state index contributed by atoms with van der Waals surface area (Å²) in [4.78, 5) is 71.2. The van der Waals surface area contributed by atoms with Gasteiger partial charge >= 0.3 is 44.1 Å². The highest BCUT2D eigenvalue weighted by molar-refractivity contribution is 7.48. The highest BCUT2D eigenvalue weighted by atomic mass is 31.2. The van der Waals surface area contributed by atoms with E-state index in [1.165, 1.54) is 0 Å². The summed E-state index contributed by atoms with van der Waals surface area (Å²) in [6, 6.07) is 18.9. The molecule has 20 nitrogen and oxygen atoms in total. The lowest BCUT2D eigenvalue weighted by Gasteiger charge is -2.20. The zero-order chi connectivity index (χ0) is 58.2. The number of para-hydroxylation sites is 1. The summed E-state index contributed by atoms with van der Waals surface area (Å²) in [6.45, 7) is 15.2. The number of phosphoric acid groups is 1. The molecule has 0 aliphatic rings. The van der Waals surface area contributed by atoms with Crippen LogP contribution in [0.1, 0.15) is 134 Å². The van der Waals surface area contributed by atoms with Gasteiger partial charge in [0, 0.05) is 34.9 Å². The first-order valence-electron chi connectivity index (χ1n) is 27.8. The van der Waals surface area contributed by atoms with Crippen molar-refractivity contribution in [3.8, 4) is 5.75 Å². The number of phosphoric ester groups is 1. The predicted molar refractivity (Wildman–Crippen MR) is 308 cm³/mol. The highest BCUT2D eigenvalue weighted by Crippen LogP contribution is 2.50. The molecular formula is C59H85N4O16P. The van der Waals surface area contributed by atoms with Gasteiger partial charge in [-0.3, -0.25) is 30.3 Å². The average Bonchev–Trinajstić information content (AvgIpc) is 3.44. The summed E-state index contributed by atoms with van der Waals surface area (Å²) in [5.74, 6) is 0.233. The Morgan fingerprint density at radius 3 is 1.30 bits per heavy atom. The highest BCUT2D eigenvalue weighted by Gasteiger charge is 2.28. The van der Waals surface area contributed by atoms with E-state index in [2.05, 4.69) is 48.3 Å². The predicted octanol–water partition coefficient (Wildman–Crippen LogP) is 14.8. The number of unbranched alkanes of at least 4 members (excludes halogenated alkanes) is 7. The molecule has 0 radical (unpaired) electrons. The van der Waals surface area contributed by atoms with Crippen molar-refractivity contribution in [2.75, 3.05) is 74.1 Å². The quantitative estimate of drug-likeness (QED) is 0.0135. The summed E-state index contributed by atoms with van der Waals surface area (Å²) in [5.41, 5.74) is 3.42. The van der Waals surface area contributed by atoms with Crippen LogP contribution in [0.2, 0.25) is 0 Å². The van der Waals surface area contributed by atoms with Crippen LogP contribution in [0.4, 0.5) is 41.9 Å². The van der Waals surface area contributed by atoms with Gasteiger partial charge in [0.25, 0.3) is 0 Å². The van der Waals surface area contributed by atoms with Gasteiger partial charge in [-0.1, -0.05) is 116 Å². The van der Waals surface area contributed by atoms with Crippen molar-refractivity contribution < 1.29 is 75.3 Å². The second-order valence-corrected chi connectivity index (χ2v) is 20.6. The van der Waals surface area contributed by atoms with Gasteiger partial charge in [0.15, 0.2) is 0 Å². The van der Waals surface area contributed by atoms with Gasteiger partial charge in [-0.05, 0) is 124 Å². The molecule has 3 atom stereocenters. The number of aryl methyl sites for hydroxylation is 2. The molecule has 0 aliphatic heterocycles. The number of amides is 4. The summed E-state index contributed by atoms with van der Waals surface area (Å²) in [5, 5.41) is 10.7. The zero-order valence-electron chi connectivity index (χ0n) is 47.2. The van der Waals surface area contributed by atoms with Gasteiger partial charge in [0.1, 0.15) is 32.2 Å². The van der Waals surface area contributed by atoms with Crippen LogP contribution >= 0.6 is 7.82 Å². The number of hydrogen-bond acceptors (Lipinski definition) is 16. The lowest BCUT2D eigenvalue weighted by Crippen LogP contribution is -2.18. The van der Waals surface area contributed by atoms with Crippen LogP contribution in [-0.2, 0) is 51.6 Å². The molecule has 80 heavy (non-hydrogen) atoms. The van der Waals surface area contributed by atoms with Gasteiger partial charge in [-0.2, -0.15) is 0 Å². The number of carbonyl (C=O) groups excluding carboxylic acids is 6. The van der Waals surface area contributed by atoms with Gasteiger partial charge in [0.05, 0.1) is 26.4 Å². The Morgan fingerprint density at radius 2 is 0.838 bits per heavy atom. The first kappa shape index (κ1) is 67.4. The van der Waals surface area contributed by atoms with Gasteiger partial charge in [0.2, 0.25) is 0 Å². The van der Waals surface area contributed by atoms with Crippen LogP contribution in [-0.4, -0.2) is 89.2 Å². The van der Waals surface area contributed by atoms with Gasteiger partial charge in [-0.15, -0.1) is 0 Å². The van der Waals surface area contributed by atoms with Crippen LogP contribution in [0.15, 0.2) is 92.0 Å². The summed E-state index contributed by atoms with van der Waals surface area (Å²) in [6.07, 6.45) is 15.6. The third kappa shape index (κ3) is 30.5. The summed E-state index contributed by atoms with van der Waals surface area (Å²) >= 11 is 0. The molecule has 3 rings (SSSR count). The standard InChI is InChI=1S/C59H85N4O16P/c1-7-47(27-23-36-74-57(67)61-50-32-34-53(46(6)44-50)63-59(69)76-42-40-72-55(65)10-4)26-18-13-15-22-37-77-80(70,79-51-29-19-16-20-30-51)78-38-24-28-48(8-2)25-17-12-11-14-21-35-73-56(66)60-49-31-33-52(45(5)43-49)62-58(68)75-41-39-71-54(64)9-3/h9-10,16,19-20,29-34,43-44,47-48H,3-4,7-8,11-15,17-18,21-28,35-42H2,1-2,5-6H3,(H,60,66)(H,61,67)(H,62,68)(H,63,69). The number of esters is 2. The molecule has 21 heteroatoms. The Kier molecular flexibility index (Phi) is 34.0. The maximum absolute atomic E-state index is 13.8. The molecule has 0 fully saturated rings. The van der Waals surface area contributed by atoms with Crippen molar-refractivity contribution in [1.29, 1.82) is 0 Å². The van der Waals surface area contributed by atoms with Crippen molar-refractivity contribution in [1.82, 2.24) is 0 Å². The number of hydrogen-bond donors (Lipinski definition) is 4. The maximum atomic E-state index is 13.8. The molecule has 3 aromatic rings. The number of benzene rings is 3. The van der Waals surface area contributed by atoms with Gasteiger partial charge in [-0.25, -0.2) is 33.3 Å².